The molecule has 408 valence electrons. The van der Waals surface area contributed by atoms with E-state index in [-0.39, 0.29) is 5.92 Å². The van der Waals surface area contributed by atoms with Gasteiger partial charge in [-0.25, -0.2) is 0 Å². The molecule has 0 spiro atoms. The van der Waals surface area contributed by atoms with Crippen molar-refractivity contribution in [2.24, 2.45) is 0 Å². The van der Waals surface area contributed by atoms with Gasteiger partial charge in [0.2, 0.25) is 0 Å². The molecule has 0 amide bonds. The lowest BCUT2D eigenvalue weighted by molar-refractivity contribution is 0.638. The minimum absolute atomic E-state index is 0.117. The van der Waals surface area contributed by atoms with Crippen LogP contribution in [0.25, 0.3) is 110 Å². The van der Waals surface area contributed by atoms with Gasteiger partial charge in [0.05, 0.1) is 0 Å². The summed E-state index contributed by atoms with van der Waals surface area (Å²) in [6.07, 6.45) is 0. The molecule has 0 fully saturated rings. The van der Waals surface area contributed by atoms with Gasteiger partial charge in [-0.15, -0.1) is 0 Å². The van der Waals surface area contributed by atoms with E-state index in [4.69, 9.17) is 8.83 Å². The fourth-order valence-electron chi connectivity index (χ4n) is 12.9. The van der Waals surface area contributed by atoms with Crippen LogP contribution in [-0.2, 0) is 0 Å². The smallest absolute Gasteiger partial charge is 0.142 e. The summed E-state index contributed by atoms with van der Waals surface area (Å²) in [5, 5.41) is 8.86. The maximum absolute atomic E-state index is 7.11. The molecule has 85 heavy (non-hydrogen) atoms. The molecule has 0 unspecified atom stereocenters. The van der Waals surface area contributed by atoms with Crippen LogP contribution in [0.1, 0.15) is 47.6 Å². The fourth-order valence-corrected chi connectivity index (χ4v) is 12.9. The number of benzene rings is 13. The Bertz CT molecular complexity index is 4580. The molecule has 15 rings (SSSR count). The lowest BCUT2D eigenvalue weighted by Gasteiger charge is -2.30. The molecule has 0 N–H and O–H groups in total. The Morgan fingerprint density at radius 2 is 0.588 bits per heavy atom. The molecule has 0 saturated carbocycles. The van der Waals surface area contributed by atoms with Crippen LogP contribution in [0.5, 0.6) is 0 Å². The van der Waals surface area contributed by atoms with Crippen LogP contribution in [0, 0.1) is 27.7 Å². The van der Waals surface area contributed by atoms with E-state index >= 15 is 0 Å². The van der Waals surface area contributed by atoms with Gasteiger partial charge in [-0.1, -0.05) is 196 Å². The predicted molar refractivity (Wildman–Crippen MR) is 360 cm³/mol. The first-order valence-electron chi connectivity index (χ1n) is 29.6. The van der Waals surface area contributed by atoms with Crippen molar-refractivity contribution in [1.29, 1.82) is 0 Å². The van der Waals surface area contributed by atoms with E-state index in [1.165, 1.54) is 66.8 Å². The second kappa shape index (κ2) is 20.8. The molecule has 4 nitrogen and oxygen atoms in total. The van der Waals surface area contributed by atoms with Crippen molar-refractivity contribution < 1.29 is 8.83 Å². The molecule has 0 aliphatic carbocycles. The average molecular weight is 1100 g/mol. The number of hydrogen-bond acceptors (Lipinski definition) is 4. The largest absolute Gasteiger partial charge is 0.456 e. The Morgan fingerprint density at radius 3 is 0.894 bits per heavy atom. The van der Waals surface area contributed by atoms with E-state index < -0.39 is 0 Å². The fraction of sp³-hybridized carbons (Fsp3) is 0.0864. The molecule has 0 atom stereocenters. The summed E-state index contributed by atoms with van der Waals surface area (Å²) < 4.78 is 14.2. The SMILES string of the molecule is Cc1ccc(-c2ccccc2)cc1N(c1ccc2cc3c(cc2c1)oc1c(C(C)C)c2oc4cc5cc(N(c6cc(-c7ccccc7)ccc6C)c6cc(-c7ccccc7)ccc6C)ccc5cc4c2cc13)c1cc(-c2ccccc2)ccc1C. The molecule has 15 aromatic rings. The van der Waals surface area contributed by atoms with Gasteiger partial charge < -0.3 is 18.6 Å². The normalized spacial score (nSPS) is 11.8. The zero-order chi connectivity index (χ0) is 57.4. The van der Waals surface area contributed by atoms with Gasteiger partial charge in [0.15, 0.2) is 0 Å². The number of fused-ring (bicyclic) bond motifs is 8. The molecule has 13 aromatic carbocycles. The van der Waals surface area contributed by atoms with Gasteiger partial charge in [-0.05, 0) is 201 Å². The third-order valence-corrected chi connectivity index (χ3v) is 17.4. The molecule has 0 aliphatic rings. The lowest BCUT2D eigenvalue weighted by Crippen LogP contribution is -2.13. The molecule has 2 heterocycles. The topological polar surface area (TPSA) is 32.8 Å². The third-order valence-electron chi connectivity index (χ3n) is 17.4. The average Bonchev–Trinajstić information content (AvgIpc) is 1.70. The van der Waals surface area contributed by atoms with E-state index in [1.807, 2.05) is 0 Å². The van der Waals surface area contributed by atoms with Crippen LogP contribution in [0.3, 0.4) is 0 Å². The number of anilines is 6. The summed E-state index contributed by atoms with van der Waals surface area (Å²) >= 11 is 0. The van der Waals surface area contributed by atoms with Gasteiger partial charge in [0, 0.05) is 61.2 Å². The highest BCUT2D eigenvalue weighted by Gasteiger charge is 2.25. The third kappa shape index (κ3) is 9.10. The Hall–Kier alpha value is -10.4. The number of furan rings is 2. The van der Waals surface area contributed by atoms with Crippen LogP contribution in [0.4, 0.5) is 34.1 Å². The molecular weight excluding hydrogens is 1030 g/mol. The Kier molecular flexibility index (Phi) is 12.6. The first-order chi connectivity index (χ1) is 41.6. The summed E-state index contributed by atoms with van der Waals surface area (Å²) in [5.41, 5.74) is 25.4. The second-order valence-corrected chi connectivity index (χ2v) is 23.3. The van der Waals surface area contributed by atoms with Gasteiger partial charge >= 0.3 is 0 Å². The first-order valence-corrected chi connectivity index (χ1v) is 29.6. The van der Waals surface area contributed by atoms with Gasteiger partial charge in [-0.3, -0.25) is 0 Å². The standard InChI is InChI=1S/C81H62N2O2/c1-50(2)79-80-71(69-41-59-35-37-67(39-65(59)47-77(69)84-80)82(73-43-61(31-27-51(73)3)55-19-11-7-12-20-55)74-44-62(32-28-52(74)4)56-21-13-8-14-22-56)49-72-70-42-60-36-38-68(40-66(60)48-78(70)85-81(72)79)83(75-45-63(33-29-53(75)5)57-23-15-9-16-24-57)76-46-64(34-30-54(76)6)58-25-17-10-18-26-58/h7-50H,1-6H3. The van der Waals surface area contributed by atoms with Crippen molar-refractivity contribution in [3.8, 4) is 44.5 Å². The number of aryl methyl sites for hydroxylation is 4. The van der Waals surface area contributed by atoms with Crippen molar-refractivity contribution in [3.63, 3.8) is 0 Å². The van der Waals surface area contributed by atoms with Crippen molar-refractivity contribution in [2.75, 3.05) is 9.80 Å². The van der Waals surface area contributed by atoms with E-state index in [2.05, 4.69) is 312 Å². The highest BCUT2D eigenvalue weighted by atomic mass is 16.3. The molecule has 0 aliphatic heterocycles. The summed E-state index contributed by atoms with van der Waals surface area (Å²) in [6.45, 7) is 13.4. The quantitative estimate of drug-likeness (QED) is 0.129. The summed E-state index contributed by atoms with van der Waals surface area (Å²) in [5.74, 6) is 0.117. The van der Waals surface area contributed by atoms with E-state index in [0.717, 1.165) is 105 Å². The monoisotopic (exact) mass is 1090 g/mol. The Balaban J connectivity index is 0.861. The molecule has 0 saturated heterocycles. The van der Waals surface area contributed by atoms with E-state index in [0.29, 0.717) is 0 Å². The summed E-state index contributed by atoms with van der Waals surface area (Å²) in [4.78, 5) is 4.89. The van der Waals surface area contributed by atoms with Crippen LogP contribution in [0.2, 0.25) is 0 Å². The van der Waals surface area contributed by atoms with Crippen LogP contribution >= 0.6 is 0 Å². The van der Waals surface area contributed by atoms with Gasteiger partial charge in [-0.2, -0.15) is 0 Å². The first kappa shape index (κ1) is 51.5. The van der Waals surface area contributed by atoms with Crippen LogP contribution in [0.15, 0.2) is 270 Å². The van der Waals surface area contributed by atoms with Crippen LogP contribution < -0.4 is 9.80 Å². The zero-order valence-electron chi connectivity index (χ0n) is 48.6. The minimum Gasteiger partial charge on any atom is -0.456 e. The van der Waals surface area contributed by atoms with Gasteiger partial charge in [0.1, 0.15) is 22.3 Å². The van der Waals surface area contributed by atoms with Crippen molar-refractivity contribution >= 4 is 99.5 Å². The maximum atomic E-state index is 7.11. The van der Waals surface area contributed by atoms with Crippen LogP contribution in [-0.4, -0.2) is 0 Å². The Labute approximate surface area is 496 Å². The highest BCUT2D eigenvalue weighted by molar-refractivity contribution is 6.20. The van der Waals surface area contributed by atoms with Crippen molar-refractivity contribution in [1.82, 2.24) is 0 Å². The zero-order valence-corrected chi connectivity index (χ0v) is 48.6. The Morgan fingerprint density at radius 1 is 0.271 bits per heavy atom. The number of nitrogens with zero attached hydrogens (tertiary/aromatic N) is 2. The highest BCUT2D eigenvalue weighted by Crippen LogP contribution is 2.48. The molecule has 0 bridgehead atoms. The maximum Gasteiger partial charge on any atom is 0.142 e. The molecule has 2 aromatic heterocycles. The molecule has 4 heteroatoms. The predicted octanol–water partition coefficient (Wildman–Crippen LogP) is 23.8. The number of rotatable bonds is 11. The molecule has 0 radical (unpaired) electrons. The van der Waals surface area contributed by atoms with Crippen molar-refractivity contribution in [3.05, 3.63) is 289 Å². The second-order valence-electron chi connectivity index (χ2n) is 23.3. The van der Waals surface area contributed by atoms with Gasteiger partial charge in [0.25, 0.3) is 0 Å². The molecular formula is C81H62N2O2. The minimum atomic E-state index is 0.117. The number of hydrogen-bond donors (Lipinski definition) is 0. The lowest BCUT2D eigenvalue weighted by atomic mass is 9.95. The summed E-state index contributed by atoms with van der Waals surface area (Å²) in [7, 11) is 0. The summed E-state index contributed by atoms with van der Waals surface area (Å²) in [6, 6.07) is 95.2. The van der Waals surface area contributed by atoms with E-state index in [9.17, 15) is 0 Å². The van der Waals surface area contributed by atoms with Crippen molar-refractivity contribution in [2.45, 2.75) is 47.5 Å². The van der Waals surface area contributed by atoms with E-state index in [1.54, 1.807) is 0 Å².